The normalized spacial score (nSPS) is 11.1. The van der Waals surface area contributed by atoms with E-state index in [1.54, 1.807) is 25.6 Å². The Balaban J connectivity index is 1.73. The van der Waals surface area contributed by atoms with Crippen molar-refractivity contribution in [1.82, 2.24) is 29.1 Å². The highest BCUT2D eigenvalue weighted by Crippen LogP contribution is 2.07. The van der Waals surface area contributed by atoms with Crippen molar-refractivity contribution in [2.24, 2.45) is 0 Å². The van der Waals surface area contributed by atoms with E-state index in [0.29, 0.717) is 18.7 Å². The summed E-state index contributed by atoms with van der Waals surface area (Å²) >= 11 is 0. The van der Waals surface area contributed by atoms with Gasteiger partial charge in [0.25, 0.3) is 5.56 Å². The van der Waals surface area contributed by atoms with Gasteiger partial charge in [-0.25, -0.2) is 19.7 Å². The van der Waals surface area contributed by atoms with Crippen LogP contribution in [0.3, 0.4) is 0 Å². The molecule has 1 N–H and O–H groups in total. The summed E-state index contributed by atoms with van der Waals surface area (Å²) in [5, 5.41) is 0. The summed E-state index contributed by atoms with van der Waals surface area (Å²) in [7, 11) is 0. The van der Waals surface area contributed by atoms with Gasteiger partial charge in [0.05, 0.1) is 12.5 Å². The monoisotopic (exact) mass is 286 g/mol. The summed E-state index contributed by atoms with van der Waals surface area (Å²) in [4.78, 5) is 37.6. The van der Waals surface area contributed by atoms with Gasteiger partial charge in [0, 0.05) is 24.8 Å². The molecule has 0 unspecified atom stereocenters. The molecule has 3 aromatic rings. The van der Waals surface area contributed by atoms with Crippen molar-refractivity contribution in [3.05, 3.63) is 51.4 Å². The number of hydrogen-bond acceptors (Lipinski definition) is 5. The number of fused-ring (bicyclic) bond motifs is 1. The van der Waals surface area contributed by atoms with Gasteiger partial charge < -0.3 is 9.13 Å². The van der Waals surface area contributed by atoms with E-state index in [0.717, 1.165) is 17.6 Å². The second-order valence-electron chi connectivity index (χ2n) is 4.79. The summed E-state index contributed by atoms with van der Waals surface area (Å²) in [5.74, 6) is 0. The summed E-state index contributed by atoms with van der Waals surface area (Å²) < 4.78 is 3.42. The van der Waals surface area contributed by atoms with Crippen LogP contribution in [-0.2, 0) is 13.1 Å². The summed E-state index contributed by atoms with van der Waals surface area (Å²) in [5.41, 5.74) is 1.32. The molecule has 3 heterocycles. The van der Waals surface area contributed by atoms with Crippen molar-refractivity contribution in [1.29, 1.82) is 0 Å². The summed E-state index contributed by atoms with van der Waals surface area (Å²) in [6, 6.07) is 0. The van der Waals surface area contributed by atoms with Crippen molar-refractivity contribution < 1.29 is 0 Å². The second kappa shape index (κ2) is 5.31. The first-order chi connectivity index (χ1) is 10.1. The van der Waals surface area contributed by atoms with E-state index in [1.165, 1.54) is 10.9 Å². The molecule has 0 amide bonds. The number of aryl methyl sites for hydroxylation is 3. The Bertz CT molecular complexity index is 891. The number of aromatic amines is 1. The first-order valence-corrected chi connectivity index (χ1v) is 6.56. The predicted octanol–water partition coefficient (Wildman–Crippen LogP) is 0.0750. The van der Waals surface area contributed by atoms with Gasteiger partial charge in [-0.15, -0.1) is 0 Å². The molecule has 0 saturated heterocycles. The molecule has 0 fully saturated rings. The molecule has 0 atom stereocenters. The van der Waals surface area contributed by atoms with Crippen LogP contribution in [0.1, 0.15) is 12.0 Å². The van der Waals surface area contributed by atoms with Crippen LogP contribution in [0, 0.1) is 6.92 Å². The van der Waals surface area contributed by atoms with Gasteiger partial charge in [-0.05, 0) is 13.3 Å². The maximum Gasteiger partial charge on any atom is 0.328 e. The second-order valence-corrected chi connectivity index (χ2v) is 4.79. The van der Waals surface area contributed by atoms with Crippen LogP contribution in [0.4, 0.5) is 0 Å². The molecule has 0 spiro atoms. The Hall–Kier alpha value is -2.77. The molecule has 0 aromatic carbocycles. The fourth-order valence-corrected chi connectivity index (χ4v) is 2.17. The van der Waals surface area contributed by atoms with E-state index in [9.17, 15) is 9.59 Å². The third kappa shape index (κ3) is 2.60. The van der Waals surface area contributed by atoms with Crippen LogP contribution in [0.5, 0.6) is 0 Å². The molecule has 0 radical (unpaired) electrons. The van der Waals surface area contributed by atoms with Crippen LogP contribution >= 0.6 is 0 Å². The van der Waals surface area contributed by atoms with Gasteiger partial charge in [-0.3, -0.25) is 9.78 Å². The minimum absolute atomic E-state index is 0.339. The standard InChI is InChI=1S/C13H14N6O2/c1-9-6-18(13(21)17-12(9)20)3-2-4-19-8-16-10-5-14-7-15-11(10)19/h5-8H,2-4H2,1H3,(H,17,20,21). The number of nitrogens with one attached hydrogen (secondary N) is 1. The Morgan fingerprint density at radius 1 is 1.19 bits per heavy atom. The van der Waals surface area contributed by atoms with Crippen LogP contribution in [0.2, 0.25) is 0 Å². The summed E-state index contributed by atoms with van der Waals surface area (Å²) in [6.07, 6.45) is 7.15. The van der Waals surface area contributed by atoms with Gasteiger partial charge in [-0.2, -0.15) is 0 Å². The molecule has 0 aliphatic rings. The average molecular weight is 286 g/mol. The van der Waals surface area contributed by atoms with Gasteiger partial charge in [0.1, 0.15) is 11.8 Å². The van der Waals surface area contributed by atoms with Gasteiger partial charge in [-0.1, -0.05) is 0 Å². The highest BCUT2D eigenvalue weighted by Gasteiger charge is 2.04. The lowest BCUT2D eigenvalue weighted by Crippen LogP contribution is -2.31. The van der Waals surface area contributed by atoms with Gasteiger partial charge >= 0.3 is 5.69 Å². The average Bonchev–Trinajstić information content (AvgIpc) is 2.88. The third-order valence-electron chi connectivity index (χ3n) is 3.27. The highest BCUT2D eigenvalue weighted by atomic mass is 16.2. The number of rotatable bonds is 4. The van der Waals surface area contributed by atoms with Gasteiger partial charge in [0.2, 0.25) is 0 Å². The molecule has 21 heavy (non-hydrogen) atoms. The van der Waals surface area contributed by atoms with Crippen molar-refractivity contribution in [2.45, 2.75) is 26.4 Å². The topological polar surface area (TPSA) is 98.5 Å². The molecule has 0 aliphatic heterocycles. The predicted molar refractivity (Wildman–Crippen MR) is 76.0 cm³/mol. The number of H-pyrrole nitrogens is 1. The molecule has 3 rings (SSSR count). The zero-order chi connectivity index (χ0) is 14.8. The minimum Gasteiger partial charge on any atom is -0.315 e. The molecule has 3 aromatic heterocycles. The Morgan fingerprint density at radius 3 is 2.86 bits per heavy atom. The fraction of sp³-hybridized carbons (Fsp3) is 0.308. The minimum atomic E-state index is -0.386. The van der Waals surface area contributed by atoms with Crippen molar-refractivity contribution in [3.8, 4) is 0 Å². The van der Waals surface area contributed by atoms with E-state index >= 15 is 0 Å². The molecule has 108 valence electrons. The quantitative estimate of drug-likeness (QED) is 0.732. The maximum atomic E-state index is 11.7. The van der Waals surface area contributed by atoms with Crippen molar-refractivity contribution in [2.75, 3.05) is 0 Å². The summed E-state index contributed by atoms with van der Waals surface area (Å²) in [6.45, 7) is 2.87. The van der Waals surface area contributed by atoms with E-state index < -0.39 is 0 Å². The Morgan fingerprint density at radius 2 is 2.00 bits per heavy atom. The number of aromatic nitrogens is 6. The van der Waals surface area contributed by atoms with Gasteiger partial charge in [0.15, 0.2) is 5.65 Å². The molecular weight excluding hydrogens is 272 g/mol. The first-order valence-electron chi connectivity index (χ1n) is 6.56. The zero-order valence-corrected chi connectivity index (χ0v) is 11.5. The molecule has 0 aliphatic carbocycles. The number of nitrogens with zero attached hydrogens (tertiary/aromatic N) is 5. The fourth-order valence-electron chi connectivity index (χ4n) is 2.17. The number of imidazole rings is 1. The number of hydrogen-bond donors (Lipinski definition) is 1. The van der Waals surface area contributed by atoms with E-state index in [2.05, 4.69) is 19.9 Å². The molecule has 0 saturated carbocycles. The third-order valence-corrected chi connectivity index (χ3v) is 3.27. The van der Waals surface area contributed by atoms with E-state index in [4.69, 9.17) is 0 Å². The Labute approximate surface area is 119 Å². The smallest absolute Gasteiger partial charge is 0.315 e. The maximum absolute atomic E-state index is 11.7. The van der Waals surface area contributed by atoms with Crippen LogP contribution in [-0.4, -0.2) is 29.1 Å². The van der Waals surface area contributed by atoms with E-state index in [1.807, 2.05) is 4.57 Å². The first kappa shape index (κ1) is 13.2. The lowest BCUT2D eigenvalue weighted by atomic mass is 10.3. The zero-order valence-electron chi connectivity index (χ0n) is 11.5. The van der Waals surface area contributed by atoms with Crippen LogP contribution < -0.4 is 11.2 Å². The molecule has 0 bridgehead atoms. The SMILES string of the molecule is Cc1cn(CCCn2cnc3cncnc32)c(=O)[nH]c1=O. The van der Waals surface area contributed by atoms with Crippen molar-refractivity contribution >= 4 is 11.2 Å². The molecule has 8 nitrogen and oxygen atoms in total. The van der Waals surface area contributed by atoms with Crippen LogP contribution in [0.25, 0.3) is 11.2 Å². The molecular formula is C13H14N6O2. The lowest BCUT2D eigenvalue weighted by Gasteiger charge is -2.06. The van der Waals surface area contributed by atoms with Crippen LogP contribution in [0.15, 0.2) is 34.6 Å². The van der Waals surface area contributed by atoms with Crippen molar-refractivity contribution in [3.63, 3.8) is 0 Å². The molecule has 8 heteroatoms. The largest absolute Gasteiger partial charge is 0.328 e. The Kier molecular flexibility index (Phi) is 3.35. The highest BCUT2D eigenvalue weighted by molar-refractivity contribution is 5.68. The van der Waals surface area contributed by atoms with E-state index in [-0.39, 0.29) is 11.2 Å². The lowest BCUT2D eigenvalue weighted by molar-refractivity contribution is 0.547.